The normalized spacial score (nSPS) is 14.5. The third kappa shape index (κ3) is 6.33. The molecule has 0 unspecified atom stereocenters. The molecule has 3 rings (SSSR count). The van der Waals surface area contributed by atoms with E-state index in [1.807, 2.05) is 33.8 Å². The fraction of sp³-hybridized carbons (Fsp3) is 0.467. The third-order valence-corrected chi connectivity index (χ3v) is 6.96. The number of pyridine rings is 1. The van der Waals surface area contributed by atoms with Crippen LogP contribution in [0.2, 0.25) is 0 Å². The van der Waals surface area contributed by atoms with E-state index >= 15 is 0 Å². The number of nitrogens with zero attached hydrogens (tertiary/aromatic N) is 4. The summed E-state index contributed by atoms with van der Waals surface area (Å²) in [4.78, 5) is 42.5. The van der Waals surface area contributed by atoms with E-state index in [4.69, 9.17) is 9.47 Å². The highest BCUT2D eigenvalue weighted by Crippen LogP contribution is 2.37. The van der Waals surface area contributed by atoms with Crippen molar-refractivity contribution in [2.75, 3.05) is 40.4 Å². The molecule has 39 heavy (non-hydrogen) atoms. The average Bonchev–Trinajstić information content (AvgIpc) is 3.16. The number of ether oxygens (including phenoxy) is 2. The van der Waals surface area contributed by atoms with Gasteiger partial charge in [-0.2, -0.15) is 5.26 Å². The van der Waals surface area contributed by atoms with Gasteiger partial charge in [0.15, 0.2) is 0 Å². The molecule has 1 aromatic carbocycles. The quantitative estimate of drug-likeness (QED) is 0.426. The molecule has 2 aromatic rings. The lowest BCUT2D eigenvalue weighted by Gasteiger charge is -2.24. The van der Waals surface area contributed by atoms with Crippen molar-refractivity contribution >= 4 is 11.8 Å². The smallest absolute Gasteiger partial charge is 0.264 e. The lowest BCUT2D eigenvalue weighted by Crippen LogP contribution is -2.38. The number of methoxy groups -OCH3 is 2. The molecule has 0 N–H and O–H groups in total. The van der Waals surface area contributed by atoms with E-state index in [0.29, 0.717) is 55.2 Å². The Labute approximate surface area is 230 Å². The van der Waals surface area contributed by atoms with Gasteiger partial charge in [-0.25, -0.2) is 0 Å². The molecule has 1 saturated heterocycles. The third-order valence-electron chi connectivity index (χ3n) is 6.96. The van der Waals surface area contributed by atoms with Crippen LogP contribution in [0.4, 0.5) is 0 Å². The molecule has 1 aromatic heterocycles. The maximum Gasteiger partial charge on any atom is 0.264 e. The molecule has 1 aliphatic rings. The largest absolute Gasteiger partial charge is 0.496 e. The Morgan fingerprint density at radius 2 is 1.54 bits per heavy atom. The summed E-state index contributed by atoms with van der Waals surface area (Å²) in [5.74, 6) is 0.141. The van der Waals surface area contributed by atoms with E-state index in [9.17, 15) is 19.6 Å². The van der Waals surface area contributed by atoms with Gasteiger partial charge in [0.05, 0.1) is 14.2 Å². The van der Waals surface area contributed by atoms with Crippen molar-refractivity contribution in [2.45, 2.75) is 41.0 Å². The van der Waals surface area contributed by atoms with Crippen molar-refractivity contribution in [3.8, 4) is 28.7 Å². The van der Waals surface area contributed by atoms with Gasteiger partial charge in [-0.05, 0) is 48.9 Å². The molecule has 1 aliphatic heterocycles. The molecule has 2 heterocycles. The van der Waals surface area contributed by atoms with Gasteiger partial charge in [-0.3, -0.25) is 14.4 Å². The van der Waals surface area contributed by atoms with E-state index in [2.05, 4.69) is 0 Å². The van der Waals surface area contributed by atoms with E-state index in [-0.39, 0.29) is 28.4 Å². The predicted molar refractivity (Wildman–Crippen MR) is 150 cm³/mol. The number of nitriles is 1. The summed E-state index contributed by atoms with van der Waals surface area (Å²) in [5, 5.41) is 9.56. The van der Waals surface area contributed by atoms with Gasteiger partial charge in [0.2, 0.25) is 0 Å². The van der Waals surface area contributed by atoms with E-state index < -0.39 is 0 Å². The van der Waals surface area contributed by atoms with Gasteiger partial charge < -0.3 is 23.8 Å². The van der Waals surface area contributed by atoms with Gasteiger partial charge in [-0.15, -0.1) is 0 Å². The van der Waals surface area contributed by atoms with Crippen LogP contribution in [0.3, 0.4) is 0 Å². The first-order chi connectivity index (χ1) is 18.3. The zero-order chi connectivity index (χ0) is 29.1. The highest BCUT2D eigenvalue weighted by atomic mass is 16.5. The Morgan fingerprint density at radius 1 is 0.974 bits per heavy atom. The van der Waals surface area contributed by atoms with Crippen LogP contribution in [-0.4, -0.2) is 66.6 Å². The van der Waals surface area contributed by atoms with Crippen molar-refractivity contribution in [1.29, 1.82) is 5.26 Å². The summed E-state index contributed by atoms with van der Waals surface area (Å²) < 4.78 is 12.9. The predicted octanol–water partition coefficient (Wildman–Crippen LogP) is 3.86. The van der Waals surface area contributed by atoms with Crippen LogP contribution in [0.25, 0.3) is 11.1 Å². The summed E-state index contributed by atoms with van der Waals surface area (Å²) in [6, 6.07) is 5.60. The van der Waals surface area contributed by atoms with Crippen molar-refractivity contribution in [3.63, 3.8) is 0 Å². The van der Waals surface area contributed by atoms with Gasteiger partial charge >= 0.3 is 0 Å². The van der Waals surface area contributed by atoms with Gasteiger partial charge in [0.25, 0.3) is 17.4 Å². The van der Waals surface area contributed by atoms with E-state index in [1.165, 1.54) is 18.8 Å². The summed E-state index contributed by atoms with van der Waals surface area (Å²) in [7, 11) is 4.71. The highest BCUT2D eigenvalue weighted by Gasteiger charge is 2.29. The van der Waals surface area contributed by atoms with Crippen molar-refractivity contribution in [3.05, 3.63) is 57.0 Å². The van der Waals surface area contributed by atoms with Crippen molar-refractivity contribution < 1.29 is 19.1 Å². The maximum absolute atomic E-state index is 13.8. The van der Waals surface area contributed by atoms with E-state index in [1.54, 1.807) is 48.2 Å². The minimum atomic E-state index is -0.316. The Kier molecular flexibility index (Phi) is 8.90. The molecule has 9 nitrogen and oxygen atoms in total. The summed E-state index contributed by atoms with van der Waals surface area (Å²) in [6.45, 7) is 11.0. The number of carbonyl (C=O) groups is 2. The van der Waals surface area contributed by atoms with Crippen LogP contribution >= 0.6 is 0 Å². The topological polar surface area (TPSA) is 105 Å². The van der Waals surface area contributed by atoms with Gasteiger partial charge in [-0.1, -0.05) is 26.8 Å². The second kappa shape index (κ2) is 11.8. The number of carbonyl (C=O) groups excluding carboxylic acids is 2. The molecule has 9 heteroatoms. The number of aryl methyl sites for hydroxylation is 1. The highest BCUT2D eigenvalue weighted by molar-refractivity contribution is 6.01. The van der Waals surface area contributed by atoms with Crippen LogP contribution in [0.1, 0.15) is 48.7 Å². The summed E-state index contributed by atoms with van der Waals surface area (Å²) in [6.07, 6.45) is 4.03. The van der Waals surface area contributed by atoms with Crippen LogP contribution < -0.4 is 15.0 Å². The number of allylic oxidation sites excluding steroid dienone is 1. The molecular weight excluding hydrogens is 496 g/mol. The first kappa shape index (κ1) is 29.5. The lowest BCUT2D eigenvalue weighted by molar-refractivity contribution is -0.126. The number of aromatic nitrogens is 1. The number of hydrogen-bond acceptors (Lipinski definition) is 6. The van der Waals surface area contributed by atoms with Crippen LogP contribution in [-0.2, 0) is 11.8 Å². The fourth-order valence-electron chi connectivity index (χ4n) is 4.77. The summed E-state index contributed by atoms with van der Waals surface area (Å²) >= 11 is 0. The molecule has 0 radical (unpaired) electrons. The minimum absolute atomic E-state index is 0.0635. The van der Waals surface area contributed by atoms with Crippen LogP contribution in [0.15, 0.2) is 34.8 Å². The SMILES string of the molecule is COc1cc(-c2cn(C)c(=O)c(C)c2C)cc(OC)c1C(=O)N1CCCN(C(=O)/C(C#N)=C/C(C)(C)C)CC1. The zero-order valence-electron chi connectivity index (χ0n) is 24.2. The number of hydrogen-bond donors (Lipinski definition) is 0. The lowest BCUT2D eigenvalue weighted by atomic mass is 9.93. The van der Waals surface area contributed by atoms with Crippen molar-refractivity contribution in [2.24, 2.45) is 12.5 Å². The molecule has 0 aliphatic carbocycles. The Balaban J connectivity index is 1.93. The Morgan fingerprint density at radius 3 is 2.08 bits per heavy atom. The molecule has 1 fully saturated rings. The van der Waals surface area contributed by atoms with Gasteiger partial charge in [0.1, 0.15) is 28.7 Å². The second-order valence-electron chi connectivity index (χ2n) is 10.9. The average molecular weight is 535 g/mol. The van der Waals surface area contributed by atoms with Crippen LogP contribution in [0, 0.1) is 30.6 Å². The van der Waals surface area contributed by atoms with Gasteiger partial charge in [0, 0.05) is 50.6 Å². The molecule has 0 spiro atoms. The molecule has 2 amide bonds. The summed E-state index contributed by atoms with van der Waals surface area (Å²) in [5.41, 5.74) is 3.14. The Hall–Kier alpha value is -4.06. The molecule has 0 atom stereocenters. The molecular formula is C30H38N4O5. The maximum atomic E-state index is 13.8. The number of benzene rings is 1. The van der Waals surface area contributed by atoms with Crippen LogP contribution in [0.5, 0.6) is 11.5 Å². The zero-order valence-corrected chi connectivity index (χ0v) is 24.2. The molecule has 0 saturated carbocycles. The monoisotopic (exact) mass is 534 g/mol. The Bertz CT molecular complexity index is 1380. The standard InChI is InChI=1S/C30H38N4O5/c1-19-20(2)27(35)32(6)18-23(19)21-14-24(38-7)26(25(15-21)39-8)29(37)34-11-9-10-33(12-13-34)28(36)22(17-31)16-30(3,4)5/h14-16,18H,9-13H2,1-8H3/b22-16+. The fourth-order valence-corrected chi connectivity index (χ4v) is 4.77. The molecule has 0 bridgehead atoms. The first-order valence-corrected chi connectivity index (χ1v) is 13.0. The number of amides is 2. The first-order valence-electron chi connectivity index (χ1n) is 13.0. The van der Waals surface area contributed by atoms with E-state index in [0.717, 1.165) is 16.7 Å². The minimum Gasteiger partial charge on any atom is -0.496 e. The number of rotatable bonds is 5. The second-order valence-corrected chi connectivity index (χ2v) is 10.9. The molecule has 208 valence electrons. The van der Waals surface area contributed by atoms with Crippen molar-refractivity contribution in [1.82, 2.24) is 14.4 Å².